The van der Waals surface area contributed by atoms with Crippen molar-refractivity contribution >= 4 is 5.57 Å². The van der Waals surface area contributed by atoms with Gasteiger partial charge in [-0.15, -0.1) is 0 Å². The first-order valence-electron chi connectivity index (χ1n) is 4.64. The molecular formula is C12H11FO2. The van der Waals surface area contributed by atoms with Crippen LogP contribution in [0.25, 0.3) is 5.57 Å². The van der Waals surface area contributed by atoms with Crippen molar-refractivity contribution in [2.45, 2.75) is 0 Å². The molecule has 2 nitrogen and oxygen atoms in total. The van der Waals surface area contributed by atoms with Crippen LogP contribution in [0.2, 0.25) is 0 Å². The van der Waals surface area contributed by atoms with Crippen LogP contribution in [0.15, 0.2) is 42.2 Å². The van der Waals surface area contributed by atoms with E-state index in [-0.39, 0.29) is 19.0 Å². The molecule has 3 heteroatoms. The summed E-state index contributed by atoms with van der Waals surface area (Å²) in [6.45, 7) is 3.74. The topological polar surface area (TPSA) is 29.5 Å². The number of aliphatic hydroxyl groups is 1. The molecule has 0 aromatic heterocycles. The van der Waals surface area contributed by atoms with Gasteiger partial charge < -0.3 is 9.84 Å². The van der Waals surface area contributed by atoms with Crippen LogP contribution in [0, 0.1) is 5.82 Å². The van der Waals surface area contributed by atoms with Crippen molar-refractivity contribution in [1.29, 1.82) is 0 Å². The predicted octanol–water partition coefficient (Wildman–Crippen LogP) is 2.12. The Hall–Kier alpha value is -1.61. The summed E-state index contributed by atoms with van der Waals surface area (Å²) in [4.78, 5) is 0. The summed E-state index contributed by atoms with van der Waals surface area (Å²) in [6, 6.07) is 6.44. The highest BCUT2D eigenvalue weighted by atomic mass is 19.1. The normalized spacial score (nSPS) is 15.7. The minimum absolute atomic E-state index is 0.178. The molecule has 1 aliphatic rings. The van der Waals surface area contributed by atoms with Crippen LogP contribution in [0.4, 0.5) is 4.39 Å². The minimum Gasteiger partial charge on any atom is -0.489 e. The van der Waals surface area contributed by atoms with E-state index in [1.54, 1.807) is 18.2 Å². The Balaban J connectivity index is 2.52. The van der Waals surface area contributed by atoms with Gasteiger partial charge in [-0.1, -0.05) is 24.8 Å². The Morgan fingerprint density at radius 2 is 2.13 bits per heavy atom. The van der Waals surface area contributed by atoms with Crippen LogP contribution in [0.5, 0.6) is 0 Å². The van der Waals surface area contributed by atoms with E-state index in [9.17, 15) is 4.39 Å². The average molecular weight is 206 g/mol. The first-order chi connectivity index (χ1) is 7.24. The molecule has 0 spiro atoms. The summed E-state index contributed by atoms with van der Waals surface area (Å²) in [5.41, 5.74) is 1.74. The number of halogens is 1. The molecule has 78 valence electrons. The molecule has 15 heavy (non-hydrogen) atoms. The Morgan fingerprint density at radius 1 is 1.40 bits per heavy atom. The van der Waals surface area contributed by atoms with E-state index in [0.717, 1.165) is 0 Å². The quantitative estimate of drug-likeness (QED) is 0.803. The lowest BCUT2D eigenvalue weighted by atomic mass is 10.0. The standard InChI is InChI=1S/C12H11FO2/c1-8-10(6-14)11(7-15-8)9-4-2-3-5-12(9)13/h2-5,14H,1,6-7H2. The second-order valence-corrected chi connectivity index (χ2v) is 3.31. The number of hydrogen-bond donors (Lipinski definition) is 1. The maximum absolute atomic E-state index is 13.5. The molecule has 0 radical (unpaired) electrons. The molecule has 1 aromatic carbocycles. The highest BCUT2D eigenvalue weighted by molar-refractivity contribution is 5.75. The van der Waals surface area contributed by atoms with Gasteiger partial charge in [-0.3, -0.25) is 0 Å². The van der Waals surface area contributed by atoms with Gasteiger partial charge in [-0.05, 0) is 6.07 Å². The predicted molar refractivity (Wildman–Crippen MR) is 55.5 cm³/mol. The van der Waals surface area contributed by atoms with Crippen molar-refractivity contribution in [3.8, 4) is 0 Å². The first kappa shape index (κ1) is 9.93. The zero-order chi connectivity index (χ0) is 10.8. The third-order valence-electron chi connectivity index (χ3n) is 2.45. The molecule has 1 aromatic rings. The van der Waals surface area contributed by atoms with Crippen molar-refractivity contribution in [2.24, 2.45) is 0 Å². The average Bonchev–Trinajstić information content (AvgIpc) is 2.60. The lowest BCUT2D eigenvalue weighted by molar-refractivity contribution is 0.268. The summed E-state index contributed by atoms with van der Waals surface area (Å²) >= 11 is 0. The fraction of sp³-hybridized carbons (Fsp3) is 0.167. The molecule has 0 aliphatic carbocycles. The Labute approximate surface area is 87.3 Å². The lowest BCUT2D eigenvalue weighted by Crippen LogP contribution is -1.95. The van der Waals surface area contributed by atoms with Crippen LogP contribution in [0.3, 0.4) is 0 Å². The fourth-order valence-corrected chi connectivity index (χ4v) is 1.63. The van der Waals surface area contributed by atoms with E-state index in [1.165, 1.54) is 6.07 Å². The van der Waals surface area contributed by atoms with Gasteiger partial charge in [0.1, 0.15) is 18.2 Å². The summed E-state index contributed by atoms with van der Waals surface area (Å²) < 4.78 is 18.7. The van der Waals surface area contributed by atoms with Gasteiger partial charge in [-0.2, -0.15) is 0 Å². The lowest BCUT2D eigenvalue weighted by Gasteiger charge is -2.03. The van der Waals surface area contributed by atoms with Gasteiger partial charge >= 0.3 is 0 Å². The number of benzene rings is 1. The Bertz CT molecular complexity index is 435. The van der Waals surface area contributed by atoms with E-state index in [2.05, 4.69) is 6.58 Å². The molecule has 0 unspecified atom stereocenters. The molecule has 0 amide bonds. The van der Waals surface area contributed by atoms with Gasteiger partial charge in [0.25, 0.3) is 0 Å². The third kappa shape index (κ3) is 1.66. The van der Waals surface area contributed by atoms with E-state index in [0.29, 0.717) is 22.5 Å². The van der Waals surface area contributed by atoms with Crippen LogP contribution in [0.1, 0.15) is 5.56 Å². The number of hydrogen-bond acceptors (Lipinski definition) is 2. The molecule has 1 heterocycles. The summed E-state index contributed by atoms with van der Waals surface area (Å²) in [6.07, 6.45) is 0. The molecule has 1 aliphatic heterocycles. The highest BCUT2D eigenvalue weighted by Crippen LogP contribution is 2.31. The molecule has 0 saturated carbocycles. The van der Waals surface area contributed by atoms with Crippen LogP contribution < -0.4 is 0 Å². The van der Waals surface area contributed by atoms with Crippen LogP contribution in [-0.4, -0.2) is 18.3 Å². The van der Waals surface area contributed by atoms with Gasteiger partial charge in [0.2, 0.25) is 0 Å². The SMILES string of the molecule is C=C1OCC(c2ccccc2F)=C1CO. The summed E-state index contributed by atoms with van der Waals surface area (Å²) in [5, 5.41) is 9.14. The summed E-state index contributed by atoms with van der Waals surface area (Å²) in [5.74, 6) is 0.118. The zero-order valence-corrected chi connectivity index (χ0v) is 8.16. The maximum atomic E-state index is 13.5. The van der Waals surface area contributed by atoms with Gasteiger partial charge in [0.05, 0.1) is 6.61 Å². The first-order valence-corrected chi connectivity index (χ1v) is 4.64. The zero-order valence-electron chi connectivity index (χ0n) is 8.16. The van der Waals surface area contributed by atoms with E-state index < -0.39 is 0 Å². The van der Waals surface area contributed by atoms with E-state index >= 15 is 0 Å². The molecule has 0 bridgehead atoms. The third-order valence-corrected chi connectivity index (χ3v) is 2.45. The van der Waals surface area contributed by atoms with Gasteiger partial charge in [0, 0.05) is 16.7 Å². The fourth-order valence-electron chi connectivity index (χ4n) is 1.63. The number of ether oxygens (including phenoxy) is 1. The van der Waals surface area contributed by atoms with Crippen LogP contribution >= 0.6 is 0 Å². The van der Waals surface area contributed by atoms with Crippen molar-refractivity contribution in [3.63, 3.8) is 0 Å². The minimum atomic E-state index is -0.309. The maximum Gasteiger partial charge on any atom is 0.130 e. The monoisotopic (exact) mass is 206 g/mol. The van der Waals surface area contributed by atoms with E-state index in [1.807, 2.05) is 0 Å². The second kappa shape index (κ2) is 3.87. The van der Waals surface area contributed by atoms with E-state index in [4.69, 9.17) is 9.84 Å². The highest BCUT2D eigenvalue weighted by Gasteiger charge is 2.21. The molecular weight excluding hydrogens is 195 g/mol. The van der Waals surface area contributed by atoms with Gasteiger partial charge in [0.15, 0.2) is 0 Å². The molecule has 2 rings (SSSR count). The largest absolute Gasteiger partial charge is 0.489 e. The number of aliphatic hydroxyl groups excluding tert-OH is 1. The number of rotatable bonds is 2. The van der Waals surface area contributed by atoms with Crippen molar-refractivity contribution in [3.05, 3.63) is 53.6 Å². The molecule has 1 N–H and O–H groups in total. The van der Waals surface area contributed by atoms with Crippen molar-refractivity contribution < 1.29 is 14.2 Å². The molecule has 0 atom stereocenters. The molecule has 0 fully saturated rings. The smallest absolute Gasteiger partial charge is 0.130 e. The summed E-state index contributed by atoms with van der Waals surface area (Å²) in [7, 11) is 0. The van der Waals surface area contributed by atoms with Gasteiger partial charge in [-0.25, -0.2) is 4.39 Å². The Kier molecular flexibility index (Phi) is 2.56. The second-order valence-electron chi connectivity index (χ2n) is 3.31. The van der Waals surface area contributed by atoms with Crippen molar-refractivity contribution in [1.82, 2.24) is 0 Å². The van der Waals surface area contributed by atoms with Crippen LogP contribution in [-0.2, 0) is 4.74 Å². The molecule has 0 saturated heterocycles. The Morgan fingerprint density at radius 3 is 2.80 bits per heavy atom. The van der Waals surface area contributed by atoms with Crippen molar-refractivity contribution in [2.75, 3.05) is 13.2 Å².